The molecular weight excluding hydrogens is 283 g/mol. The minimum atomic E-state index is 0.117. The summed E-state index contributed by atoms with van der Waals surface area (Å²) in [5.74, 6) is 0.916. The van der Waals surface area contributed by atoms with E-state index < -0.39 is 0 Å². The van der Waals surface area contributed by atoms with Gasteiger partial charge in [-0.15, -0.1) is 10.2 Å². The molecule has 19 heavy (non-hydrogen) atoms. The van der Waals surface area contributed by atoms with E-state index in [0.29, 0.717) is 16.6 Å². The number of aryl methyl sites for hydroxylation is 1. The van der Waals surface area contributed by atoms with Gasteiger partial charge in [0.25, 0.3) is 0 Å². The van der Waals surface area contributed by atoms with E-state index >= 15 is 0 Å². The maximum Gasteiger partial charge on any atom is 0.146 e. The van der Waals surface area contributed by atoms with Crippen LogP contribution in [0.2, 0.25) is 10.0 Å². The summed E-state index contributed by atoms with van der Waals surface area (Å²) in [6.45, 7) is 5.63. The fourth-order valence-electron chi connectivity index (χ4n) is 1.89. The lowest BCUT2D eigenvalue weighted by Gasteiger charge is -2.15. The normalized spacial score (nSPS) is 12.6. The highest BCUT2D eigenvalue weighted by Gasteiger charge is 2.11. The van der Waals surface area contributed by atoms with Crippen molar-refractivity contribution in [3.8, 4) is 0 Å². The van der Waals surface area contributed by atoms with Gasteiger partial charge >= 0.3 is 0 Å². The monoisotopic (exact) mass is 298 g/mol. The molecule has 0 aliphatic heterocycles. The van der Waals surface area contributed by atoms with Crippen LogP contribution < -0.4 is 5.32 Å². The van der Waals surface area contributed by atoms with Gasteiger partial charge in [0.05, 0.1) is 6.54 Å². The summed E-state index contributed by atoms with van der Waals surface area (Å²) in [4.78, 5) is 0. The summed E-state index contributed by atoms with van der Waals surface area (Å²) >= 11 is 12.1. The molecule has 1 heterocycles. The highest BCUT2D eigenvalue weighted by molar-refractivity contribution is 6.35. The molecule has 1 aromatic heterocycles. The molecule has 1 unspecified atom stereocenters. The number of aromatic nitrogens is 3. The van der Waals surface area contributed by atoms with Crippen molar-refractivity contribution in [1.82, 2.24) is 20.1 Å². The minimum absolute atomic E-state index is 0.117. The van der Waals surface area contributed by atoms with Gasteiger partial charge in [-0.1, -0.05) is 29.3 Å². The maximum absolute atomic E-state index is 6.19. The average Bonchev–Trinajstić information content (AvgIpc) is 2.83. The Morgan fingerprint density at radius 3 is 2.84 bits per heavy atom. The molecule has 0 amide bonds. The van der Waals surface area contributed by atoms with E-state index in [4.69, 9.17) is 23.2 Å². The Bertz CT molecular complexity index is 553. The van der Waals surface area contributed by atoms with Gasteiger partial charge in [-0.05, 0) is 31.5 Å². The van der Waals surface area contributed by atoms with E-state index in [1.165, 1.54) is 0 Å². The van der Waals surface area contributed by atoms with E-state index in [-0.39, 0.29) is 6.04 Å². The van der Waals surface area contributed by atoms with Crippen LogP contribution in [0.25, 0.3) is 0 Å². The summed E-state index contributed by atoms with van der Waals surface area (Å²) < 4.78 is 2.00. The molecule has 0 aliphatic rings. The Kier molecular flexibility index (Phi) is 4.80. The smallest absolute Gasteiger partial charge is 0.146 e. The Hall–Kier alpha value is -1.10. The lowest BCUT2D eigenvalue weighted by Crippen LogP contribution is -2.20. The van der Waals surface area contributed by atoms with Gasteiger partial charge in [-0.3, -0.25) is 0 Å². The molecule has 0 radical (unpaired) electrons. The number of rotatable bonds is 5. The van der Waals surface area contributed by atoms with Gasteiger partial charge in [-0.2, -0.15) is 0 Å². The third kappa shape index (κ3) is 3.47. The van der Waals surface area contributed by atoms with E-state index in [1.54, 1.807) is 12.4 Å². The molecule has 0 saturated heterocycles. The number of hydrogen-bond donors (Lipinski definition) is 1. The lowest BCUT2D eigenvalue weighted by atomic mass is 10.1. The summed E-state index contributed by atoms with van der Waals surface area (Å²) in [6, 6.07) is 5.65. The van der Waals surface area contributed by atoms with Gasteiger partial charge in [0.1, 0.15) is 12.2 Å². The third-order valence-corrected chi connectivity index (χ3v) is 3.59. The first kappa shape index (κ1) is 14.3. The Balaban J connectivity index is 2.03. The molecule has 0 aliphatic carbocycles. The molecule has 4 nitrogen and oxygen atoms in total. The zero-order chi connectivity index (χ0) is 13.8. The Labute approximate surface area is 122 Å². The van der Waals surface area contributed by atoms with Crippen molar-refractivity contribution in [2.24, 2.45) is 0 Å². The first-order chi connectivity index (χ1) is 9.11. The van der Waals surface area contributed by atoms with Crippen molar-refractivity contribution in [2.75, 3.05) is 0 Å². The molecule has 1 N–H and O–H groups in total. The van der Waals surface area contributed by atoms with E-state index in [9.17, 15) is 0 Å². The zero-order valence-electron chi connectivity index (χ0n) is 10.9. The molecule has 1 atom stereocenters. The molecular formula is C13H16Cl2N4. The van der Waals surface area contributed by atoms with E-state index in [0.717, 1.165) is 17.9 Å². The third-order valence-electron chi connectivity index (χ3n) is 3.03. The molecule has 2 aromatic rings. The van der Waals surface area contributed by atoms with Crippen LogP contribution in [-0.4, -0.2) is 14.8 Å². The Morgan fingerprint density at radius 2 is 2.16 bits per heavy atom. The number of hydrogen-bond acceptors (Lipinski definition) is 3. The Morgan fingerprint density at radius 1 is 1.37 bits per heavy atom. The number of halogens is 2. The quantitative estimate of drug-likeness (QED) is 0.919. The van der Waals surface area contributed by atoms with Gasteiger partial charge in [-0.25, -0.2) is 0 Å². The van der Waals surface area contributed by atoms with Crippen molar-refractivity contribution in [3.63, 3.8) is 0 Å². The standard InChI is InChI=1S/C13H16Cl2N4/c1-3-19-8-17-18-13(19)7-16-9(2)11-5-4-10(14)6-12(11)15/h4-6,8-9,16H,3,7H2,1-2H3. The molecule has 6 heteroatoms. The number of nitrogens with zero attached hydrogens (tertiary/aromatic N) is 3. The van der Waals surface area contributed by atoms with Crippen molar-refractivity contribution < 1.29 is 0 Å². The van der Waals surface area contributed by atoms with Crippen LogP contribution in [0.5, 0.6) is 0 Å². The van der Waals surface area contributed by atoms with Crippen LogP contribution in [-0.2, 0) is 13.1 Å². The van der Waals surface area contributed by atoms with Crippen molar-refractivity contribution in [1.29, 1.82) is 0 Å². The highest BCUT2D eigenvalue weighted by atomic mass is 35.5. The minimum Gasteiger partial charge on any atom is -0.317 e. The predicted octanol–water partition coefficient (Wildman–Crippen LogP) is 3.46. The second-order valence-corrected chi connectivity index (χ2v) is 5.15. The zero-order valence-corrected chi connectivity index (χ0v) is 12.4. The van der Waals surface area contributed by atoms with Crippen molar-refractivity contribution >= 4 is 23.2 Å². The summed E-state index contributed by atoms with van der Waals surface area (Å²) in [5, 5.41) is 12.7. The number of benzene rings is 1. The molecule has 2 rings (SSSR count). The van der Waals surface area contributed by atoms with Crippen LogP contribution in [0.3, 0.4) is 0 Å². The summed E-state index contributed by atoms with van der Waals surface area (Å²) in [5.41, 5.74) is 1.02. The highest BCUT2D eigenvalue weighted by Crippen LogP contribution is 2.26. The molecule has 0 fully saturated rings. The molecule has 102 valence electrons. The number of nitrogens with one attached hydrogen (secondary N) is 1. The largest absolute Gasteiger partial charge is 0.317 e. The first-order valence-electron chi connectivity index (χ1n) is 6.16. The van der Waals surface area contributed by atoms with Crippen LogP contribution in [0, 0.1) is 0 Å². The molecule has 0 bridgehead atoms. The fourth-order valence-corrected chi connectivity index (χ4v) is 2.46. The van der Waals surface area contributed by atoms with E-state index in [2.05, 4.69) is 29.4 Å². The van der Waals surface area contributed by atoms with Crippen LogP contribution in [0.15, 0.2) is 24.5 Å². The van der Waals surface area contributed by atoms with Crippen molar-refractivity contribution in [2.45, 2.75) is 33.0 Å². The first-order valence-corrected chi connectivity index (χ1v) is 6.92. The van der Waals surface area contributed by atoms with Gasteiger partial charge < -0.3 is 9.88 Å². The maximum atomic E-state index is 6.19. The van der Waals surface area contributed by atoms with Crippen LogP contribution >= 0.6 is 23.2 Å². The van der Waals surface area contributed by atoms with Crippen LogP contribution in [0.1, 0.15) is 31.3 Å². The van der Waals surface area contributed by atoms with Gasteiger partial charge in [0.15, 0.2) is 0 Å². The molecule has 0 saturated carbocycles. The average molecular weight is 299 g/mol. The predicted molar refractivity (Wildman–Crippen MR) is 77.4 cm³/mol. The molecule has 1 aromatic carbocycles. The SMILES string of the molecule is CCn1cnnc1CNC(C)c1ccc(Cl)cc1Cl. The topological polar surface area (TPSA) is 42.7 Å². The lowest BCUT2D eigenvalue weighted by molar-refractivity contribution is 0.539. The molecule has 0 spiro atoms. The van der Waals surface area contributed by atoms with Gasteiger partial charge in [0.2, 0.25) is 0 Å². The summed E-state index contributed by atoms with van der Waals surface area (Å²) in [7, 11) is 0. The fraction of sp³-hybridized carbons (Fsp3) is 0.385. The second kappa shape index (κ2) is 6.37. The van der Waals surface area contributed by atoms with Gasteiger partial charge in [0, 0.05) is 22.6 Å². The second-order valence-electron chi connectivity index (χ2n) is 4.30. The van der Waals surface area contributed by atoms with E-state index in [1.807, 2.05) is 16.7 Å². The summed E-state index contributed by atoms with van der Waals surface area (Å²) in [6.07, 6.45) is 1.73. The van der Waals surface area contributed by atoms with Crippen molar-refractivity contribution in [3.05, 3.63) is 46.0 Å². The van der Waals surface area contributed by atoms with Crippen LogP contribution in [0.4, 0.5) is 0 Å².